The van der Waals surface area contributed by atoms with Crippen molar-refractivity contribution in [2.24, 2.45) is 0 Å². The summed E-state index contributed by atoms with van der Waals surface area (Å²) in [6.45, 7) is 2.40. The van der Waals surface area contributed by atoms with E-state index in [4.69, 9.17) is 4.74 Å². The van der Waals surface area contributed by atoms with E-state index in [2.05, 4.69) is 22.3 Å². The van der Waals surface area contributed by atoms with Crippen molar-refractivity contribution in [2.75, 3.05) is 21.7 Å². The lowest BCUT2D eigenvalue weighted by Gasteiger charge is -2.46. The predicted molar refractivity (Wildman–Crippen MR) is 167 cm³/mol. The zero-order valence-electron chi connectivity index (χ0n) is 23.6. The summed E-state index contributed by atoms with van der Waals surface area (Å²) >= 11 is 0. The quantitative estimate of drug-likeness (QED) is 0.209. The summed E-state index contributed by atoms with van der Waals surface area (Å²) in [5.41, 5.74) is 5.91. The minimum absolute atomic E-state index is 0.0773. The topological polar surface area (TPSA) is 61.9 Å². The number of benzene rings is 5. The highest BCUT2D eigenvalue weighted by molar-refractivity contribution is 6.12. The normalized spacial score (nSPS) is 14.3. The van der Waals surface area contributed by atoms with Gasteiger partial charge in [-0.1, -0.05) is 72.3 Å². The van der Waals surface area contributed by atoms with Crippen LogP contribution in [0.1, 0.15) is 33.2 Å². The molecule has 0 saturated heterocycles. The molecular weight excluding hydrogens is 541 g/mol. The Morgan fingerprint density at radius 1 is 0.814 bits per heavy atom. The Labute approximate surface area is 250 Å². The molecule has 0 aromatic heterocycles. The van der Waals surface area contributed by atoms with E-state index in [0.29, 0.717) is 23.5 Å². The van der Waals surface area contributed by atoms with Gasteiger partial charge >= 0.3 is 0 Å². The predicted octanol–water partition coefficient (Wildman–Crippen LogP) is 7.52. The van der Waals surface area contributed by atoms with E-state index in [0.717, 1.165) is 28.1 Å². The lowest BCUT2D eigenvalue weighted by atomic mass is 9.99. The van der Waals surface area contributed by atoms with Gasteiger partial charge in [0.15, 0.2) is 6.61 Å². The highest BCUT2D eigenvalue weighted by Crippen LogP contribution is 2.42. The molecule has 0 aliphatic carbocycles. The maximum absolute atomic E-state index is 14.1. The van der Waals surface area contributed by atoms with Crippen LogP contribution in [0.25, 0.3) is 0 Å². The fourth-order valence-corrected chi connectivity index (χ4v) is 5.28. The Kier molecular flexibility index (Phi) is 7.87. The third-order valence-electron chi connectivity index (χ3n) is 7.39. The second-order valence-electron chi connectivity index (χ2n) is 10.4. The summed E-state index contributed by atoms with van der Waals surface area (Å²) in [4.78, 5) is 30.6. The third kappa shape index (κ3) is 6.11. The molecule has 0 unspecified atom stereocenters. The average Bonchev–Trinajstić information content (AvgIpc) is 3.04. The highest BCUT2D eigenvalue weighted by Gasteiger charge is 2.39. The Bertz CT molecular complexity index is 1720. The fourth-order valence-electron chi connectivity index (χ4n) is 5.28. The summed E-state index contributed by atoms with van der Waals surface area (Å²) in [6, 6.07) is 38.9. The number of hydrogen-bond acceptors (Lipinski definition) is 4. The molecule has 0 spiro atoms. The molecule has 1 N–H and O–H groups in total. The van der Waals surface area contributed by atoms with Gasteiger partial charge in [-0.05, 0) is 78.7 Å². The molecule has 43 heavy (non-hydrogen) atoms. The number of halogens is 1. The van der Waals surface area contributed by atoms with Crippen molar-refractivity contribution in [3.05, 3.63) is 155 Å². The van der Waals surface area contributed by atoms with Crippen molar-refractivity contribution < 1.29 is 18.7 Å². The second kappa shape index (κ2) is 12.2. The Hall–Kier alpha value is -5.43. The van der Waals surface area contributed by atoms with Crippen LogP contribution in [0.15, 0.2) is 127 Å². The van der Waals surface area contributed by atoms with Gasteiger partial charge in [0, 0.05) is 17.9 Å². The molecule has 6 nitrogen and oxygen atoms in total. The molecule has 214 valence electrons. The van der Waals surface area contributed by atoms with Gasteiger partial charge in [0.1, 0.15) is 17.7 Å². The minimum atomic E-state index is -0.443. The van der Waals surface area contributed by atoms with Gasteiger partial charge in [0.2, 0.25) is 0 Å². The summed E-state index contributed by atoms with van der Waals surface area (Å²) in [5.74, 6) is -0.297. The smallest absolute Gasteiger partial charge is 0.262 e. The maximum Gasteiger partial charge on any atom is 0.262 e. The van der Waals surface area contributed by atoms with Crippen LogP contribution in [0.5, 0.6) is 5.75 Å². The molecule has 5 aromatic rings. The number of para-hydroxylation sites is 1. The first-order valence-electron chi connectivity index (χ1n) is 14.0. The molecule has 1 aliphatic rings. The van der Waals surface area contributed by atoms with E-state index in [1.807, 2.05) is 90.7 Å². The number of carbonyl (C=O) groups is 2. The van der Waals surface area contributed by atoms with Crippen LogP contribution in [-0.2, 0) is 11.3 Å². The third-order valence-corrected chi connectivity index (χ3v) is 7.39. The van der Waals surface area contributed by atoms with Crippen molar-refractivity contribution in [2.45, 2.75) is 19.6 Å². The lowest BCUT2D eigenvalue weighted by Crippen LogP contribution is -2.49. The molecule has 0 bridgehead atoms. The van der Waals surface area contributed by atoms with Gasteiger partial charge in [0.05, 0.1) is 11.3 Å². The summed E-state index contributed by atoms with van der Waals surface area (Å²) in [7, 11) is 0. The van der Waals surface area contributed by atoms with Gasteiger partial charge in [-0.15, -0.1) is 0 Å². The van der Waals surface area contributed by atoms with Crippen LogP contribution >= 0.6 is 0 Å². The van der Waals surface area contributed by atoms with Gasteiger partial charge < -0.3 is 15.0 Å². The molecule has 6 rings (SSSR count). The number of amides is 2. The number of aryl methyl sites for hydroxylation is 1. The van der Waals surface area contributed by atoms with Gasteiger partial charge in [-0.25, -0.2) is 4.39 Å². The number of rotatable bonds is 8. The maximum atomic E-state index is 14.1. The number of ether oxygens (including phenoxy) is 1. The summed E-state index contributed by atoms with van der Waals surface area (Å²) in [5, 5.41) is 2.69. The van der Waals surface area contributed by atoms with E-state index < -0.39 is 6.17 Å². The molecule has 5 aromatic carbocycles. The lowest BCUT2D eigenvalue weighted by molar-refractivity contribution is -0.118. The molecule has 1 aliphatic heterocycles. The number of nitrogens with one attached hydrogen (secondary N) is 1. The largest absolute Gasteiger partial charge is 0.484 e. The summed E-state index contributed by atoms with van der Waals surface area (Å²) < 4.78 is 18.9. The number of fused-ring (bicyclic) bond motifs is 1. The van der Waals surface area contributed by atoms with Gasteiger partial charge in [-0.2, -0.15) is 0 Å². The number of nitrogens with zero attached hydrogens (tertiary/aromatic N) is 2. The van der Waals surface area contributed by atoms with E-state index in [1.165, 1.54) is 24.3 Å². The molecule has 0 fully saturated rings. The highest BCUT2D eigenvalue weighted by atomic mass is 19.1. The standard InChI is InChI=1S/C36H30FN3O3/c1-25-11-19-30(20-12-25)40-35(39(23-26-7-3-2-4-8-26)33-10-6-5-9-32(33)36(40)42)27-13-21-31(22-14-27)43-24-34(41)38-29-17-15-28(37)16-18-29/h2-22,35H,23-24H2,1H3,(H,38,41)/t35-/m0/s1. The zero-order chi connectivity index (χ0) is 29.8. The van der Waals surface area contributed by atoms with Crippen LogP contribution in [0.4, 0.5) is 21.5 Å². The fraction of sp³-hybridized carbons (Fsp3) is 0.111. The second-order valence-corrected chi connectivity index (χ2v) is 10.4. The molecule has 0 saturated carbocycles. The van der Waals surface area contributed by atoms with Gasteiger partial charge in [-0.3, -0.25) is 14.5 Å². The first-order valence-corrected chi connectivity index (χ1v) is 14.0. The van der Waals surface area contributed by atoms with E-state index in [9.17, 15) is 14.0 Å². The van der Waals surface area contributed by atoms with E-state index in [-0.39, 0.29) is 24.2 Å². The van der Waals surface area contributed by atoms with Crippen LogP contribution in [-0.4, -0.2) is 18.4 Å². The van der Waals surface area contributed by atoms with Crippen molar-refractivity contribution >= 4 is 28.9 Å². The van der Waals surface area contributed by atoms with Crippen LogP contribution < -0.4 is 19.9 Å². The number of hydrogen-bond donors (Lipinski definition) is 1. The van der Waals surface area contributed by atoms with Crippen LogP contribution in [0.3, 0.4) is 0 Å². The Morgan fingerprint density at radius 3 is 2.21 bits per heavy atom. The van der Waals surface area contributed by atoms with E-state index >= 15 is 0 Å². The molecule has 2 amide bonds. The monoisotopic (exact) mass is 571 g/mol. The number of anilines is 3. The molecule has 1 heterocycles. The van der Waals surface area contributed by atoms with Crippen LogP contribution in [0, 0.1) is 12.7 Å². The van der Waals surface area contributed by atoms with Gasteiger partial charge in [0.25, 0.3) is 11.8 Å². The first-order chi connectivity index (χ1) is 21.0. The van der Waals surface area contributed by atoms with Crippen molar-refractivity contribution in [3.63, 3.8) is 0 Å². The summed E-state index contributed by atoms with van der Waals surface area (Å²) in [6.07, 6.45) is -0.443. The minimum Gasteiger partial charge on any atom is -0.484 e. The van der Waals surface area contributed by atoms with Crippen molar-refractivity contribution in [1.29, 1.82) is 0 Å². The van der Waals surface area contributed by atoms with Crippen molar-refractivity contribution in [1.82, 2.24) is 0 Å². The van der Waals surface area contributed by atoms with E-state index in [1.54, 1.807) is 12.1 Å². The Balaban J connectivity index is 1.31. The molecule has 0 radical (unpaired) electrons. The first kappa shape index (κ1) is 27.7. The Morgan fingerprint density at radius 2 is 1.49 bits per heavy atom. The SMILES string of the molecule is Cc1ccc(N2C(=O)c3ccccc3N(Cc3ccccc3)[C@@H]2c2ccc(OCC(=O)Nc3ccc(F)cc3)cc2)cc1. The van der Waals surface area contributed by atoms with Crippen LogP contribution in [0.2, 0.25) is 0 Å². The molecule has 1 atom stereocenters. The molecular formula is C36H30FN3O3. The van der Waals surface area contributed by atoms with Crippen molar-refractivity contribution in [3.8, 4) is 5.75 Å². The molecule has 7 heteroatoms. The number of carbonyl (C=O) groups excluding carboxylic acids is 2. The zero-order valence-corrected chi connectivity index (χ0v) is 23.6. The average molecular weight is 572 g/mol.